The molecule has 1 aliphatic rings. The fourth-order valence-corrected chi connectivity index (χ4v) is 2.81. The molecule has 5 heteroatoms. The molecule has 1 aromatic heterocycles. The summed E-state index contributed by atoms with van der Waals surface area (Å²) >= 11 is 5.93. The Morgan fingerprint density at radius 3 is 2.95 bits per heavy atom. The van der Waals surface area contributed by atoms with Gasteiger partial charge in [-0.15, -0.1) is 0 Å². The van der Waals surface area contributed by atoms with E-state index in [0.29, 0.717) is 11.6 Å². The minimum absolute atomic E-state index is 0.0675. The maximum Gasteiger partial charge on any atom is 0.322 e. The summed E-state index contributed by atoms with van der Waals surface area (Å²) < 4.78 is 2.19. The molecule has 1 atom stereocenters. The van der Waals surface area contributed by atoms with Crippen molar-refractivity contribution in [2.75, 3.05) is 11.9 Å². The summed E-state index contributed by atoms with van der Waals surface area (Å²) in [4.78, 5) is 14.2. The van der Waals surface area contributed by atoms with E-state index < -0.39 is 0 Å². The lowest BCUT2D eigenvalue weighted by atomic mass is 10.1. The van der Waals surface area contributed by atoms with E-state index >= 15 is 0 Å². The Kier molecular flexibility index (Phi) is 3.40. The molecule has 4 nitrogen and oxygen atoms in total. The van der Waals surface area contributed by atoms with Crippen molar-refractivity contribution in [1.29, 1.82) is 0 Å². The highest BCUT2D eigenvalue weighted by atomic mass is 35.5. The molecule has 0 aliphatic carbocycles. The number of nitrogens with one attached hydrogen (secondary N) is 1. The Hall–Kier alpha value is -1.94. The molecule has 2 amide bonds. The van der Waals surface area contributed by atoms with Gasteiger partial charge in [0.25, 0.3) is 0 Å². The summed E-state index contributed by atoms with van der Waals surface area (Å²) in [5.74, 6) is 0. The van der Waals surface area contributed by atoms with Crippen LogP contribution in [0, 0.1) is 0 Å². The molecule has 1 aromatic carbocycles. The van der Waals surface area contributed by atoms with E-state index in [4.69, 9.17) is 11.6 Å². The molecule has 0 saturated carbocycles. The third-order valence-electron chi connectivity index (χ3n) is 3.68. The zero-order valence-corrected chi connectivity index (χ0v) is 12.0. The Bertz CT molecular complexity index is 638. The summed E-state index contributed by atoms with van der Waals surface area (Å²) in [5, 5.41) is 3.51. The molecule has 0 radical (unpaired) electrons. The van der Waals surface area contributed by atoms with Crippen molar-refractivity contribution in [2.24, 2.45) is 0 Å². The number of amides is 2. The molecule has 0 spiro atoms. The van der Waals surface area contributed by atoms with E-state index in [-0.39, 0.29) is 12.1 Å². The van der Waals surface area contributed by atoms with Crippen molar-refractivity contribution in [3.8, 4) is 0 Å². The maximum absolute atomic E-state index is 12.4. The van der Waals surface area contributed by atoms with Crippen LogP contribution in [0.25, 0.3) is 0 Å². The number of carbonyl (C=O) groups excluding carboxylic acids is 1. The Labute approximate surface area is 123 Å². The highest BCUT2D eigenvalue weighted by Gasteiger charge is 2.27. The normalized spacial score (nSPS) is 17.7. The van der Waals surface area contributed by atoms with E-state index in [1.54, 1.807) is 12.1 Å². The summed E-state index contributed by atoms with van der Waals surface area (Å²) in [6.07, 6.45) is 2.05. The van der Waals surface area contributed by atoms with E-state index in [9.17, 15) is 4.79 Å². The minimum Gasteiger partial charge on any atom is -0.348 e. The predicted molar refractivity (Wildman–Crippen MR) is 80.0 cm³/mol. The predicted octanol–water partition coefficient (Wildman–Crippen LogP) is 3.75. The largest absolute Gasteiger partial charge is 0.348 e. The van der Waals surface area contributed by atoms with Crippen LogP contribution in [0.1, 0.15) is 18.7 Å². The van der Waals surface area contributed by atoms with Crippen LogP contribution in [-0.4, -0.2) is 22.0 Å². The van der Waals surface area contributed by atoms with Gasteiger partial charge in [-0.2, -0.15) is 0 Å². The number of rotatable bonds is 1. The number of benzene rings is 1. The molecular weight excluding hydrogens is 274 g/mol. The van der Waals surface area contributed by atoms with Crippen LogP contribution in [0.3, 0.4) is 0 Å². The number of fused-ring (bicyclic) bond motifs is 1. The van der Waals surface area contributed by atoms with E-state index in [1.807, 2.05) is 30.0 Å². The van der Waals surface area contributed by atoms with Gasteiger partial charge in [0.05, 0.1) is 6.04 Å². The summed E-state index contributed by atoms with van der Waals surface area (Å²) in [6.45, 7) is 3.58. The van der Waals surface area contributed by atoms with Gasteiger partial charge in [0.1, 0.15) is 0 Å². The molecule has 2 aromatic rings. The number of aromatic nitrogens is 1. The van der Waals surface area contributed by atoms with E-state index in [2.05, 4.69) is 22.1 Å². The van der Waals surface area contributed by atoms with Crippen LogP contribution < -0.4 is 5.32 Å². The number of hydrogen-bond acceptors (Lipinski definition) is 1. The van der Waals surface area contributed by atoms with Crippen LogP contribution in [0.2, 0.25) is 5.02 Å². The number of urea groups is 1. The quantitative estimate of drug-likeness (QED) is 0.853. The van der Waals surface area contributed by atoms with Crippen molar-refractivity contribution >= 4 is 23.3 Å². The summed E-state index contributed by atoms with van der Waals surface area (Å²) in [7, 11) is 0. The monoisotopic (exact) mass is 289 g/mol. The van der Waals surface area contributed by atoms with Crippen LogP contribution >= 0.6 is 11.6 Å². The van der Waals surface area contributed by atoms with Gasteiger partial charge in [0, 0.05) is 35.7 Å². The molecule has 0 unspecified atom stereocenters. The molecule has 1 aliphatic heterocycles. The van der Waals surface area contributed by atoms with Gasteiger partial charge in [0.2, 0.25) is 0 Å². The van der Waals surface area contributed by atoms with Crippen molar-refractivity contribution in [2.45, 2.75) is 19.5 Å². The highest BCUT2D eigenvalue weighted by Crippen LogP contribution is 2.26. The second kappa shape index (κ2) is 5.21. The van der Waals surface area contributed by atoms with Gasteiger partial charge >= 0.3 is 6.03 Å². The number of anilines is 1. The van der Waals surface area contributed by atoms with Crippen LogP contribution in [0.5, 0.6) is 0 Å². The SMILES string of the molecule is C[C@@H]1c2cccn2CCN1C(=O)Nc1cccc(Cl)c1. The third kappa shape index (κ3) is 2.39. The molecule has 0 saturated heterocycles. The van der Waals surface area contributed by atoms with Crippen molar-refractivity contribution in [3.63, 3.8) is 0 Å². The third-order valence-corrected chi connectivity index (χ3v) is 3.91. The minimum atomic E-state index is -0.0905. The molecule has 0 fully saturated rings. The van der Waals surface area contributed by atoms with Gasteiger partial charge in [-0.05, 0) is 37.3 Å². The average molecular weight is 290 g/mol. The first-order chi connectivity index (χ1) is 9.65. The maximum atomic E-state index is 12.4. The first-order valence-electron chi connectivity index (χ1n) is 6.63. The number of carbonyl (C=O) groups is 1. The zero-order valence-electron chi connectivity index (χ0n) is 11.2. The second-order valence-electron chi connectivity index (χ2n) is 4.94. The van der Waals surface area contributed by atoms with Crippen molar-refractivity contribution < 1.29 is 4.79 Å². The van der Waals surface area contributed by atoms with E-state index in [0.717, 1.165) is 17.9 Å². The summed E-state index contributed by atoms with van der Waals surface area (Å²) in [5.41, 5.74) is 1.88. The van der Waals surface area contributed by atoms with Crippen LogP contribution in [0.4, 0.5) is 10.5 Å². The second-order valence-corrected chi connectivity index (χ2v) is 5.37. The highest BCUT2D eigenvalue weighted by molar-refractivity contribution is 6.30. The Morgan fingerprint density at radius 1 is 1.30 bits per heavy atom. The average Bonchev–Trinajstić information content (AvgIpc) is 2.88. The first kappa shape index (κ1) is 13.1. The molecule has 20 heavy (non-hydrogen) atoms. The van der Waals surface area contributed by atoms with Gasteiger partial charge in [-0.1, -0.05) is 17.7 Å². The first-order valence-corrected chi connectivity index (χ1v) is 7.01. The molecule has 1 N–H and O–H groups in total. The number of nitrogens with zero attached hydrogens (tertiary/aromatic N) is 2. The van der Waals surface area contributed by atoms with Gasteiger partial charge in [-0.25, -0.2) is 4.79 Å². The molecular formula is C15H16ClN3O. The molecule has 104 valence electrons. The Balaban J connectivity index is 1.75. The fraction of sp³-hybridized carbons (Fsp3) is 0.267. The standard InChI is InChI=1S/C15H16ClN3O/c1-11-14-6-3-7-18(14)8-9-19(11)15(20)17-13-5-2-4-12(16)10-13/h2-7,10-11H,8-9H2,1H3,(H,17,20)/t11-/m1/s1. The fourth-order valence-electron chi connectivity index (χ4n) is 2.62. The number of halogens is 1. The topological polar surface area (TPSA) is 37.3 Å². The summed E-state index contributed by atoms with van der Waals surface area (Å²) in [6, 6.07) is 11.2. The molecule has 0 bridgehead atoms. The Morgan fingerprint density at radius 2 is 2.15 bits per heavy atom. The van der Waals surface area contributed by atoms with Gasteiger partial charge in [-0.3, -0.25) is 0 Å². The van der Waals surface area contributed by atoms with Crippen LogP contribution in [0.15, 0.2) is 42.6 Å². The molecule has 3 rings (SSSR count). The lowest BCUT2D eigenvalue weighted by molar-refractivity contribution is 0.175. The van der Waals surface area contributed by atoms with Crippen molar-refractivity contribution in [3.05, 3.63) is 53.3 Å². The van der Waals surface area contributed by atoms with E-state index in [1.165, 1.54) is 0 Å². The number of hydrogen-bond donors (Lipinski definition) is 1. The lowest BCUT2D eigenvalue weighted by Crippen LogP contribution is -2.42. The van der Waals surface area contributed by atoms with Gasteiger partial charge in [0.15, 0.2) is 0 Å². The zero-order chi connectivity index (χ0) is 14.1. The smallest absolute Gasteiger partial charge is 0.322 e. The molecule has 2 heterocycles. The van der Waals surface area contributed by atoms with Crippen LogP contribution in [-0.2, 0) is 6.54 Å². The lowest BCUT2D eigenvalue weighted by Gasteiger charge is -2.34. The van der Waals surface area contributed by atoms with Gasteiger partial charge < -0.3 is 14.8 Å². The van der Waals surface area contributed by atoms with Crippen molar-refractivity contribution in [1.82, 2.24) is 9.47 Å².